The number of aromatic hydroxyl groups is 1. The molecule has 0 fully saturated rings. The van der Waals surface area contributed by atoms with E-state index >= 15 is 0 Å². The molecule has 1 aromatic rings. The summed E-state index contributed by atoms with van der Waals surface area (Å²) in [6.07, 6.45) is 2.57. The summed E-state index contributed by atoms with van der Waals surface area (Å²) in [7, 11) is -4.70. The first-order valence-corrected chi connectivity index (χ1v) is 28.2. The van der Waals surface area contributed by atoms with Crippen LogP contribution in [0.15, 0.2) is 24.3 Å². The highest BCUT2D eigenvalue weighted by atomic mass is 28.3. The van der Waals surface area contributed by atoms with Gasteiger partial charge in [0.1, 0.15) is 5.75 Å². The lowest BCUT2D eigenvalue weighted by Gasteiger charge is -2.42. The lowest BCUT2D eigenvalue weighted by molar-refractivity contribution is 0.475. The van der Waals surface area contributed by atoms with Gasteiger partial charge in [0.2, 0.25) is 0 Å². The average Bonchev–Trinajstić information content (AvgIpc) is 2.97. The molecule has 0 spiro atoms. The lowest BCUT2D eigenvalue weighted by atomic mass is 10.1. The molecular weight excluding hydrogens is 525 g/mol. The topological polar surface area (TPSA) is 20.2 Å². The van der Waals surface area contributed by atoms with Crippen LogP contribution in [0.1, 0.15) is 74.3 Å². The van der Waals surface area contributed by atoms with Crippen molar-refractivity contribution >= 4 is 32.3 Å². The first-order chi connectivity index (χ1) is 18.1. The van der Waals surface area contributed by atoms with Crippen molar-refractivity contribution in [1.82, 2.24) is 0 Å². The van der Waals surface area contributed by atoms with E-state index in [0.717, 1.165) is 0 Å². The van der Waals surface area contributed by atoms with Crippen molar-refractivity contribution in [3.63, 3.8) is 0 Å². The fraction of sp³-hybridized carbons (Fsp3) is 0.818. The predicted octanol–water partition coefficient (Wildman–Crippen LogP) is 12.3. The zero-order chi connectivity index (χ0) is 28.7. The molecule has 1 rings (SSSR count). The zero-order valence-corrected chi connectivity index (χ0v) is 31.5. The first-order valence-electron chi connectivity index (χ1n) is 16.9. The second-order valence-electron chi connectivity index (χ2n) is 13.2. The Morgan fingerprint density at radius 3 is 1.00 bits per heavy atom. The Balaban J connectivity index is 3.36. The average molecular weight is 593 g/mol. The summed E-state index contributed by atoms with van der Waals surface area (Å²) in [6, 6.07) is 32.9. The van der Waals surface area contributed by atoms with Crippen molar-refractivity contribution in [2.75, 3.05) is 0 Å². The van der Waals surface area contributed by atoms with Crippen LogP contribution >= 0.6 is 0 Å². The van der Waals surface area contributed by atoms with Gasteiger partial charge in [-0.1, -0.05) is 178 Å². The molecule has 0 radical (unpaired) electrons. The summed E-state index contributed by atoms with van der Waals surface area (Å²) < 4.78 is 0. The molecule has 1 nitrogen and oxygen atoms in total. The normalized spacial score (nSPS) is 13.3. The maximum absolute atomic E-state index is 9.78. The van der Waals surface area contributed by atoms with E-state index < -0.39 is 32.3 Å². The number of phenolic OH excluding ortho intramolecular Hbond substituents is 1. The van der Waals surface area contributed by atoms with E-state index in [0.29, 0.717) is 5.75 Å². The van der Waals surface area contributed by atoms with Gasteiger partial charge in [-0.2, -0.15) is 0 Å². The van der Waals surface area contributed by atoms with Crippen molar-refractivity contribution in [1.29, 1.82) is 0 Å². The van der Waals surface area contributed by atoms with Gasteiger partial charge in [0.05, 0.1) is 32.3 Å². The lowest BCUT2D eigenvalue weighted by Crippen LogP contribution is -2.44. The van der Waals surface area contributed by atoms with Crippen LogP contribution in [0.5, 0.6) is 5.75 Å². The Morgan fingerprint density at radius 2 is 0.711 bits per heavy atom. The molecule has 0 aromatic heterocycles. The molecule has 0 amide bonds. The highest BCUT2D eigenvalue weighted by molar-refractivity contribution is 6.88. The quantitative estimate of drug-likeness (QED) is 0.133. The summed E-state index contributed by atoms with van der Waals surface area (Å²) in [4.78, 5) is 0. The van der Waals surface area contributed by atoms with Gasteiger partial charge in [-0.25, -0.2) is 0 Å². The molecule has 0 saturated heterocycles. The standard InChI is InChI=1S/C33H68OSi4/c1-10-35(11-2,12-3)26-29-38(30-27-36(13-4,14-5)15-6,31-28-37(16-7,17-8)18-9)25-19-20-32-21-23-33(34)24-22-32/h21-24,34H,10-20,25-31H2,1-9H3. The zero-order valence-electron chi connectivity index (χ0n) is 27.5. The molecule has 222 valence electrons. The number of rotatable bonds is 22. The second kappa shape index (κ2) is 17.6. The van der Waals surface area contributed by atoms with Crippen molar-refractivity contribution in [2.45, 2.75) is 172 Å². The van der Waals surface area contributed by atoms with Gasteiger partial charge in [0, 0.05) is 0 Å². The highest BCUT2D eigenvalue weighted by Crippen LogP contribution is 2.43. The molecule has 0 atom stereocenters. The Morgan fingerprint density at radius 1 is 0.421 bits per heavy atom. The fourth-order valence-corrected chi connectivity index (χ4v) is 30.3. The van der Waals surface area contributed by atoms with Crippen molar-refractivity contribution in [2.24, 2.45) is 0 Å². The molecule has 0 bridgehead atoms. The number of aryl methyl sites for hydroxylation is 1. The van der Waals surface area contributed by atoms with Crippen LogP contribution in [0.4, 0.5) is 0 Å². The largest absolute Gasteiger partial charge is 0.508 e. The van der Waals surface area contributed by atoms with E-state index in [1.54, 1.807) is 42.3 Å². The molecule has 5 heteroatoms. The number of benzene rings is 1. The minimum absolute atomic E-state index is 0.400. The van der Waals surface area contributed by atoms with E-state index in [4.69, 9.17) is 0 Å². The van der Waals surface area contributed by atoms with Gasteiger partial charge in [-0.15, -0.1) is 0 Å². The molecule has 0 saturated carbocycles. The molecule has 0 aliphatic heterocycles. The highest BCUT2D eigenvalue weighted by Gasteiger charge is 2.40. The van der Waals surface area contributed by atoms with Crippen LogP contribution in [0, 0.1) is 0 Å². The van der Waals surface area contributed by atoms with Crippen LogP contribution in [0.2, 0.25) is 96.7 Å². The van der Waals surface area contributed by atoms with E-state index in [9.17, 15) is 5.11 Å². The molecular formula is C33H68OSi4. The fourth-order valence-electron chi connectivity index (χ4n) is 7.51. The molecule has 0 heterocycles. The van der Waals surface area contributed by atoms with E-state index in [1.807, 2.05) is 12.1 Å². The minimum Gasteiger partial charge on any atom is -0.508 e. The van der Waals surface area contributed by atoms with Crippen molar-refractivity contribution in [3.05, 3.63) is 29.8 Å². The molecule has 1 N–H and O–H groups in total. The summed E-state index contributed by atoms with van der Waals surface area (Å²) >= 11 is 0. The van der Waals surface area contributed by atoms with Gasteiger partial charge in [-0.3, -0.25) is 0 Å². The van der Waals surface area contributed by atoms with Crippen molar-refractivity contribution < 1.29 is 5.11 Å². The third-order valence-electron chi connectivity index (χ3n) is 12.4. The maximum Gasteiger partial charge on any atom is 0.115 e. The molecule has 0 aliphatic rings. The smallest absolute Gasteiger partial charge is 0.115 e. The Kier molecular flexibility index (Phi) is 16.7. The Labute approximate surface area is 244 Å². The summed E-state index contributed by atoms with van der Waals surface area (Å²) in [5, 5.41) is 9.78. The summed E-state index contributed by atoms with van der Waals surface area (Å²) in [5.41, 5.74) is 1.42. The number of phenols is 1. The first kappa shape index (κ1) is 35.9. The van der Waals surface area contributed by atoms with Crippen LogP contribution in [-0.2, 0) is 6.42 Å². The molecule has 0 unspecified atom stereocenters. The second-order valence-corrected chi connectivity index (χ2v) is 35.1. The predicted molar refractivity (Wildman–Crippen MR) is 187 cm³/mol. The van der Waals surface area contributed by atoms with Crippen molar-refractivity contribution in [3.8, 4) is 5.75 Å². The number of hydrogen-bond donors (Lipinski definition) is 1. The van der Waals surface area contributed by atoms with Gasteiger partial charge in [0.15, 0.2) is 0 Å². The van der Waals surface area contributed by atoms with Crippen LogP contribution < -0.4 is 0 Å². The molecule has 38 heavy (non-hydrogen) atoms. The van der Waals surface area contributed by atoms with Gasteiger partial charge in [0.25, 0.3) is 0 Å². The van der Waals surface area contributed by atoms with Crippen LogP contribution in [0.25, 0.3) is 0 Å². The van der Waals surface area contributed by atoms with Crippen LogP contribution in [-0.4, -0.2) is 37.4 Å². The van der Waals surface area contributed by atoms with Gasteiger partial charge >= 0.3 is 0 Å². The number of hydrogen-bond acceptors (Lipinski definition) is 1. The third kappa shape index (κ3) is 10.4. The minimum atomic E-state index is -1.38. The molecule has 1 aromatic carbocycles. The Bertz CT molecular complexity index is 651. The Hall–Kier alpha value is -0.112. The summed E-state index contributed by atoms with van der Waals surface area (Å²) in [5.74, 6) is 0.400. The summed E-state index contributed by atoms with van der Waals surface area (Å²) in [6.45, 7) is 22.7. The van der Waals surface area contributed by atoms with E-state index in [1.165, 1.54) is 72.8 Å². The molecule has 0 aliphatic carbocycles. The van der Waals surface area contributed by atoms with Gasteiger partial charge < -0.3 is 5.11 Å². The van der Waals surface area contributed by atoms with E-state index in [2.05, 4.69) is 74.4 Å². The third-order valence-corrected chi connectivity index (χ3v) is 36.7. The SMILES string of the molecule is CC[Si](CC)(CC)CC[Si](CCCc1ccc(O)cc1)(CC[Si](CC)(CC)CC)CC[Si](CC)(CC)CC. The van der Waals surface area contributed by atoms with E-state index in [-0.39, 0.29) is 0 Å². The monoisotopic (exact) mass is 592 g/mol. The maximum atomic E-state index is 9.78. The van der Waals surface area contributed by atoms with Crippen LogP contribution in [0.3, 0.4) is 0 Å². The van der Waals surface area contributed by atoms with Gasteiger partial charge in [-0.05, 0) is 24.1 Å².